The Hall–Kier alpha value is -2.73. The van der Waals surface area contributed by atoms with Gasteiger partial charge in [0.2, 0.25) is 0 Å². The van der Waals surface area contributed by atoms with Gasteiger partial charge in [0, 0.05) is 11.0 Å². The molecule has 2 aromatic rings. The first-order chi connectivity index (χ1) is 11.2. The summed E-state index contributed by atoms with van der Waals surface area (Å²) in [5.41, 5.74) is 0.839. The molecule has 1 aromatic carbocycles. The smallest absolute Gasteiger partial charge is 0.325 e. The van der Waals surface area contributed by atoms with Crippen LogP contribution in [0.15, 0.2) is 53.9 Å². The number of carbonyl (C=O) groups excluding carboxylic acids is 3. The lowest BCUT2D eigenvalue weighted by Crippen LogP contribution is -2.43. The zero-order valence-electron chi connectivity index (χ0n) is 12.3. The molecule has 1 aromatic heterocycles. The van der Waals surface area contributed by atoms with E-state index in [4.69, 9.17) is 0 Å². The minimum Gasteiger partial charge on any atom is -0.333 e. The topological polar surface area (TPSA) is 66.5 Å². The average Bonchev–Trinajstić information content (AvgIpc) is 3.10. The average molecular weight is 328 g/mol. The molecular formula is C17H16N2O3S. The molecule has 3 amide bonds. The van der Waals surface area contributed by atoms with E-state index in [0.29, 0.717) is 12.8 Å². The van der Waals surface area contributed by atoms with E-state index >= 15 is 0 Å². The molecule has 0 radical (unpaired) electrons. The molecular weight excluding hydrogens is 312 g/mol. The Morgan fingerprint density at radius 1 is 1.13 bits per heavy atom. The van der Waals surface area contributed by atoms with Crippen LogP contribution in [0.5, 0.6) is 0 Å². The monoisotopic (exact) mass is 328 g/mol. The van der Waals surface area contributed by atoms with Crippen LogP contribution in [0, 0.1) is 0 Å². The number of urea groups is 1. The maximum atomic E-state index is 12.1. The van der Waals surface area contributed by atoms with Crippen LogP contribution < -0.4 is 5.32 Å². The fourth-order valence-electron chi connectivity index (χ4n) is 1.84. The number of hydrogen-bond acceptors (Lipinski definition) is 4. The van der Waals surface area contributed by atoms with Crippen LogP contribution in [0.3, 0.4) is 0 Å². The number of hydrogen-bond donors (Lipinski definition) is 1. The van der Waals surface area contributed by atoms with E-state index in [9.17, 15) is 14.4 Å². The third-order valence-electron chi connectivity index (χ3n) is 2.98. The molecule has 0 aliphatic carbocycles. The van der Waals surface area contributed by atoms with Crippen molar-refractivity contribution in [1.82, 2.24) is 10.2 Å². The molecule has 0 fully saturated rings. The highest BCUT2D eigenvalue weighted by Gasteiger charge is 2.18. The van der Waals surface area contributed by atoms with Crippen LogP contribution in [-0.2, 0) is 16.1 Å². The molecule has 0 saturated heterocycles. The summed E-state index contributed by atoms with van der Waals surface area (Å²) in [6, 6.07) is 12.4. The minimum absolute atomic E-state index is 0.283. The highest BCUT2D eigenvalue weighted by Crippen LogP contribution is 2.08. The van der Waals surface area contributed by atoms with Crippen molar-refractivity contribution in [3.8, 4) is 0 Å². The van der Waals surface area contributed by atoms with E-state index in [1.165, 1.54) is 17.4 Å². The first kappa shape index (κ1) is 16.6. The Morgan fingerprint density at radius 3 is 2.57 bits per heavy atom. The molecule has 1 heterocycles. The predicted molar refractivity (Wildman–Crippen MR) is 89.8 cm³/mol. The van der Waals surface area contributed by atoms with Gasteiger partial charge in [-0.05, 0) is 23.1 Å². The summed E-state index contributed by atoms with van der Waals surface area (Å²) < 4.78 is 0. The van der Waals surface area contributed by atoms with Crippen LogP contribution in [-0.4, -0.2) is 29.7 Å². The Balaban J connectivity index is 1.98. The normalized spacial score (nSPS) is 10.4. The van der Waals surface area contributed by atoms with Crippen molar-refractivity contribution in [2.45, 2.75) is 6.54 Å². The molecule has 0 bridgehead atoms. The Labute approximate surface area is 138 Å². The van der Waals surface area contributed by atoms with Crippen LogP contribution in [0.25, 0.3) is 6.08 Å². The molecule has 23 heavy (non-hydrogen) atoms. The van der Waals surface area contributed by atoms with Crippen molar-refractivity contribution in [3.05, 3.63) is 64.4 Å². The van der Waals surface area contributed by atoms with Gasteiger partial charge in [0.05, 0.1) is 13.1 Å². The lowest BCUT2D eigenvalue weighted by molar-refractivity contribution is -0.125. The first-order valence-corrected chi connectivity index (χ1v) is 7.87. The van der Waals surface area contributed by atoms with Gasteiger partial charge >= 0.3 is 6.03 Å². The van der Waals surface area contributed by atoms with Gasteiger partial charge in [-0.15, -0.1) is 11.3 Å². The van der Waals surface area contributed by atoms with E-state index < -0.39 is 11.9 Å². The van der Waals surface area contributed by atoms with E-state index in [2.05, 4.69) is 5.32 Å². The van der Waals surface area contributed by atoms with E-state index in [1.807, 2.05) is 47.8 Å². The lowest BCUT2D eigenvalue weighted by Gasteiger charge is -2.17. The SMILES string of the molecule is O=CCN(C(=O)/C=C/c1ccccc1)C(=O)NCc1cccs1. The maximum Gasteiger partial charge on any atom is 0.325 e. The van der Waals surface area contributed by atoms with Crippen molar-refractivity contribution in [2.24, 2.45) is 0 Å². The molecule has 1 N–H and O–H groups in total. The van der Waals surface area contributed by atoms with Gasteiger partial charge in [0.1, 0.15) is 6.29 Å². The number of thiophene rings is 1. The third-order valence-corrected chi connectivity index (χ3v) is 3.86. The zero-order valence-corrected chi connectivity index (χ0v) is 13.2. The van der Waals surface area contributed by atoms with E-state index in [-0.39, 0.29) is 6.54 Å². The number of imide groups is 1. The second kappa shape index (κ2) is 8.65. The molecule has 0 spiro atoms. The number of aldehydes is 1. The van der Waals surface area contributed by atoms with Gasteiger partial charge in [-0.1, -0.05) is 36.4 Å². The Morgan fingerprint density at radius 2 is 1.91 bits per heavy atom. The standard InChI is InChI=1S/C17H16N2O3S/c20-11-10-19(17(22)18-13-15-7-4-12-23-15)16(21)9-8-14-5-2-1-3-6-14/h1-9,11-12H,10,13H2,(H,18,22)/b9-8+. The summed E-state index contributed by atoms with van der Waals surface area (Å²) in [7, 11) is 0. The number of nitrogens with zero attached hydrogens (tertiary/aromatic N) is 1. The zero-order chi connectivity index (χ0) is 16.5. The van der Waals surface area contributed by atoms with Gasteiger partial charge in [-0.3, -0.25) is 9.69 Å². The van der Waals surface area contributed by atoms with Gasteiger partial charge in [0.15, 0.2) is 0 Å². The number of rotatable bonds is 6. The fraction of sp³-hybridized carbons (Fsp3) is 0.118. The van der Waals surface area contributed by atoms with Gasteiger partial charge < -0.3 is 10.1 Å². The number of carbonyl (C=O) groups is 3. The fourth-order valence-corrected chi connectivity index (χ4v) is 2.49. The largest absolute Gasteiger partial charge is 0.333 e. The molecule has 5 nitrogen and oxygen atoms in total. The second-order valence-corrected chi connectivity index (χ2v) is 5.63. The van der Waals surface area contributed by atoms with Gasteiger partial charge in [0.25, 0.3) is 5.91 Å². The molecule has 0 aliphatic heterocycles. The Bertz CT molecular complexity index is 681. The van der Waals surface area contributed by atoms with E-state index in [0.717, 1.165) is 15.3 Å². The first-order valence-electron chi connectivity index (χ1n) is 6.99. The van der Waals surface area contributed by atoms with E-state index in [1.54, 1.807) is 6.08 Å². The summed E-state index contributed by atoms with van der Waals surface area (Å²) in [4.78, 5) is 36.8. The highest BCUT2D eigenvalue weighted by atomic mass is 32.1. The quantitative estimate of drug-likeness (QED) is 0.655. The summed E-state index contributed by atoms with van der Waals surface area (Å²) in [6.45, 7) is 0.0375. The molecule has 0 saturated carbocycles. The van der Waals surface area contributed by atoms with Crippen molar-refractivity contribution < 1.29 is 14.4 Å². The lowest BCUT2D eigenvalue weighted by atomic mass is 10.2. The van der Waals surface area contributed by atoms with Crippen LogP contribution in [0.2, 0.25) is 0 Å². The van der Waals surface area contributed by atoms with Gasteiger partial charge in [-0.2, -0.15) is 0 Å². The molecule has 0 atom stereocenters. The number of benzene rings is 1. The molecule has 118 valence electrons. The summed E-state index contributed by atoms with van der Waals surface area (Å²) in [6.07, 6.45) is 3.41. The molecule has 6 heteroatoms. The minimum atomic E-state index is -0.590. The summed E-state index contributed by atoms with van der Waals surface area (Å²) in [5.74, 6) is -0.537. The van der Waals surface area contributed by atoms with Gasteiger partial charge in [-0.25, -0.2) is 4.79 Å². The number of nitrogens with one attached hydrogen (secondary N) is 1. The second-order valence-electron chi connectivity index (χ2n) is 4.60. The molecule has 2 rings (SSSR count). The highest BCUT2D eigenvalue weighted by molar-refractivity contribution is 7.09. The van der Waals surface area contributed by atoms with Crippen molar-refractivity contribution in [2.75, 3.05) is 6.54 Å². The maximum absolute atomic E-state index is 12.1. The van der Waals surface area contributed by atoms with Crippen LogP contribution in [0.4, 0.5) is 4.79 Å². The Kier molecular flexibility index (Phi) is 6.26. The third kappa shape index (κ3) is 5.19. The van der Waals surface area contributed by atoms with Crippen LogP contribution >= 0.6 is 11.3 Å². The summed E-state index contributed by atoms with van der Waals surface area (Å²) in [5, 5.41) is 4.53. The summed E-state index contributed by atoms with van der Waals surface area (Å²) >= 11 is 1.50. The van der Waals surface area contributed by atoms with Crippen molar-refractivity contribution in [1.29, 1.82) is 0 Å². The predicted octanol–water partition coefficient (Wildman–Crippen LogP) is 2.70. The molecule has 0 aliphatic rings. The molecule has 0 unspecified atom stereocenters. The van der Waals surface area contributed by atoms with Crippen molar-refractivity contribution in [3.63, 3.8) is 0 Å². The van der Waals surface area contributed by atoms with Crippen molar-refractivity contribution >= 4 is 35.6 Å². The number of amides is 3. The van der Waals surface area contributed by atoms with Crippen LogP contribution in [0.1, 0.15) is 10.4 Å².